The number of hydrogen-bond donors (Lipinski definition) is 0. The van der Waals surface area contributed by atoms with Gasteiger partial charge in [0.15, 0.2) is 0 Å². The van der Waals surface area contributed by atoms with Crippen molar-refractivity contribution < 1.29 is 4.39 Å². The molecule has 0 aromatic rings. The van der Waals surface area contributed by atoms with Gasteiger partial charge in [-0.15, -0.1) is 0 Å². The topological polar surface area (TPSA) is 3.24 Å². The normalized spacial score (nSPS) is 31.0. The average molecular weight is 155 g/mol. The van der Waals surface area contributed by atoms with Crippen LogP contribution in [0.3, 0.4) is 0 Å². The van der Waals surface area contributed by atoms with Crippen molar-refractivity contribution in [1.82, 2.24) is 4.90 Å². The number of rotatable bonds is 1. The third-order valence-corrected chi connectivity index (χ3v) is 2.23. The number of likely N-dealkylation sites (tertiary alicyclic amines) is 1. The summed E-state index contributed by atoms with van der Waals surface area (Å²) in [7, 11) is 0. The Morgan fingerprint density at radius 3 is 2.64 bits per heavy atom. The second kappa shape index (κ2) is 3.13. The standard InChI is InChI=1S/C9H14FN/c1-4-11-6-5-8(10)9(11)7(2)3/h1,7-9H,5-6H2,2-3H3/t8-,9?/m0/s1. The first kappa shape index (κ1) is 8.39. The van der Waals surface area contributed by atoms with Gasteiger partial charge in [-0.3, -0.25) is 0 Å². The van der Waals surface area contributed by atoms with E-state index in [9.17, 15) is 4.39 Å². The molecular formula is C9H14FN. The Hall–Kier alpha value is -0.710. The van der Waals surface area contributed by atoms with Gasteiger partial charge < -0.3 is 4.90 Å². The van der Waals surface area contributed by atoms with Crippen molar-refractivity contribution >= 4 is 0 Å². The predicted molar refractivity (Wildman–Crippen MR) is 43.7 cm³/mol. The van der Waals surface area contributed by atoms with Gasteiger partial charge in [-0.2, -0.15) is 0 Å². The zero-order valence-electron chi connectivity index (χ0n) is 7.05. The van der Waals surface area contributed by atoms with Crippen molar-refractivity contribution in [1.29, 1.82) is 0 Å². The zero-order valence-corrected chi connectivity index (χ0v) is 7.05. The Morgan fingerprint density at radius 2 is 2.27 bits per heavy atom. The Morgan fingerprint density at radius 1 is 1.64 bits per heavy atom. The quantitative estimate of drug-likeness (QED) is 0.520. The summed E-state index contributed by atoms with van der Waals surface area (Å²) in [5, 5.41) is 0. The number of alkyl halides is 1. The molecule has 1 aliphatic heterocycles. The van der Waals surface area contributed by atoms with Gasteiger partial charge in [0.25, 0.3) is 0 Å². The molecule has 1 nitrogen and oxygen atoms in total. The van der Waals surface area contributed by atoms with Crippen LogP contribution in [0.4, 0.5) is 4.39 Å². The molecular weight excluding hydrogens is 141 g/mol. The van der Waals surface area contributed by atoms with Crippen molar-refractivity contribution in [3.05, 3.63) is 0 Å². The highest BCUT2D eigenvalue weighted by Crippen LogP contribution is 2.25. The molecule has 0 aliphatic carbocycles. The minimum absolute atomic E-state index is 0.0556. The molecule has 0 aromatic carbocycles. The van der Waals surface area contributed by atoms with Crippen LogP contribution in [0.15, 0.2) is 0 Å². The third-order valence-electron chi connectivity index (χ3n) is 2.23. The average Bonchev–Trinajstić information content (AvgIpc) is 2.30. The first-order chi connectivity index (χ1) is 5.16. The van der Waals surface area contributed by atoms with Gasteiger partial charge in [-0.05, 0) is 12.3 Å². The molecule has 1 heterocycles. The molecule has 1 rings (SSSR count). The highest BCUT2D eigenvalue weighted by Gasteiger charge is 2.34. The van der Waals surface area contributed by atoms with Crippen molar-refractivity contribution in [3.63, 3.8) is 0 Å². The molecule has 0 N–H and O–H groups in total. The fourth-order valence-electron chi connectivity index (χ4n) is 1.71. The van der Waals surface area contributed by atoms with Crippen LogP contribution < -0.4 is 0 Å². The minimum atomic E-state index is -0.731. The second-order valence-corrected chi connectivity index (χ2v) is 3.36. The molecule has 1 saturated heterocycles. The van der Waals surface area contributed by atoms with Crippen LogP contribution in [-0.2, 0) is 0 Å². The smallest absolute Gasteiger partial charge is 0.123 e. The molecule has 1 unspecified atom stereocenters. The fourth-order valence-corrected chi connectivity index (χ4v) is 1.71. The van der Waals surface area contributed by atoms with E-state index in [4.69, 9.17) is 6.42 Å². The van der Waals surface area contributed by atoms with E-state index >= 15 is 0 Å². The largest absolute Gasteiger partial charge is 0.327 e. The molecule has 2 heteroatoms. The molecule has 0 radical (unpaired) electrons. The Kier molecular flexibility index (Phi) is 2.38. The molecule has 0 amide bonds. The van der Waals surface area contributed by atoms with Gasteiger partial charge in [-0.1, -0.05) is 20.3 Å². The predicted octanol–water partition coefficient (Wildman–Crippen LogP) is 1.65. The summed E-state index contributed by atoms with van der Waals surface area (Å²) in [5.74, 6) is 0.309. The van der Waals surface area contributed by atoms with Crippen molar-refractivity contribution in [2.45, 2.75) is 32.5 Å². The first-order valence-corrected chi connectivity index (χ1v) is 4.03. The van der Waals surface area contributed by atoms with Gasteiger partial charge in [0.1, 0.15) is 6.17 Å². The first-order valence-electron chi connectivity index (χ1n) is 4.03. The summed E-state index contributed by atoms with van der Waals surface area (Å²) in [6.45, 7) is 4.72. The molecule has 2 atom stereocenters. The van der Waals surface area contributed by atoms with Gasteiger partial charge in [0.2, 0.25) is 0 Å². The molecule has 62 valence electrons. The van der Waals surface area contributed by atoms with Crippen LogP contribution in [0, 0.1) is 18.4 Å². The molecule has 0 spiro atoms. The summed E-state index contributed by atoms with van der Waals surface area (Å²) in [5.41, 5.74) is 0. The van der Waals surface area contributed by atoms with Crippen molar-refractivity contribution in [2.24, 2.45) is 5.92 Å². The van der Waals surface area contributed by atoms with E-state index in [1.54, 1.807) is 4.90 Å². The summed E-state index contributed by atoms with van der Waals surface area (Å²) in [6.07, 6.45) is 5.09. The minimum Gasteiger partial charge on any atom is -0.327 e. The van der Waals surface area contributed by atoms with Crippen molar-refractivity contribution in [2.75, 3.05) is 6.54 Å². The Labute approximate surface area is 67.6 Å². The summed E-state index contributed by atoms with van der Waals surface area (Å²) >= 11 is 0. The van der Waals surface area contributed by atoms with E-state index in [0.29, 0.717) is 18.9 Å². The van der Waals surface area contributed by atoms with Crippen LogP contribution in [-0.4, -0.2) is 23.7 Å². The van der Waals surface area contributed by atoms with Gasteiger partial charge in [-0.25, -0.2) is 4.39 Å². The summed E-state index contributed by atoms with van der Waals surface area (Å²) in [4.78, 5) is 1.77. The van der Waals surface area contributed by atoms with Crippen LogP contribution in [0.25, 0.3) is 0 Å². The monoisotopic (exact) mass is 155 g/mol. The number of terminal acetylenes is 1. The number of hydrogen-bond acceptors (Lipinski definition) is 1. The highest BCUT2D eigenvalue weighted by atomic mass is 19.1. The Balaban J connectivity index is 2.65. The number of nitrogens with zero attached hydrogens (tertiary/aromatic N) is 1. The molecule has 11 heavy (non-hydrogen) atoms. The maximum Gasteiger partial charge on any atom is 0.123 e. The SMILES string of the molecule is C#CN1CC[C@H](F)C1C(C)C. The van der Waals surface area contributed by atoms with E-state index in [2.05, 4.69) is 6.04 Å². The zero-order chi connectivity index (χ0) is 8.43. The lowest BCUT2D eigenvalue weighted by atomic mass is 10.0. The summed E-state index contributed by atoms with van der Waals surface area (Å²) in [6, 6.07) is 2.46. The van der Waals surface area contributed by atoms with Crippen LogP contribution in [0.5, 0.6) is 0 Å². The third kappa shape index (κ3) is 1.48. The maximum atomic E-state index is 13.1. The van der Waals surface area contributed by atoms with Crippen LogP contribution >= 0.6 is 0 Å². The molecule has 0 saturated carbocycles. The van der Waals surface area contributed by atoms with E-state index in [0.717, 1.165) is 0 Å². The fraction of sp³-hybridized carbons (Fsp3) is 0.778. The summed E-state index contributed by atoms with van der Waals surface area (Å²) < 4.78 is 13.1. The lowest BCUT2D eigenvalue weighted by Gasteiger charge is -2.24. The molecule has 1 fully saturated rings. The van der Waals surface area contributed by atoms with Gasteiger partial charge in [0.05, 0.1) is 6.04 Å². The highest BCUT2D eigenvalue weighted by molar-refractivity contribution is 4.99. The van der Waals surface area contributed by atoms with Gasteiger partial charge >= 0.3 is 0 Å². The molecule has 0 aromatic heterocycles. The van der Waals surface area contributed by atoms with E-state index in [-0.39, 0.29) is 6.04 Å². The van der Waals surface area contributed by atoms with Gasteiger partial charge in [0, 0.05) is 12.6 Å². The lowest BCUT2D eigenvalue weighted by molar-refractivity contribution is 0.198. The van der Waals surface area contributed by atoms with Crippen LogP contribution in [0.2, 0.25) is 0 Å². The second-order valence-electron chi connectivity index (χ2n) is 3.36. The van der Waals surface area contributed by atoms with E-state index < -0.39 is 6.17 Å². The Bertz CT molecular complexity index is 171. The van der Waals surface area contributed by atoms with Crippen molar-refractivity contribution in [3.8, 4) is 12.5 Å². The number of halogens is 1. The molecule has 1 aliphatic rings. The lowest BCUT2D eigenvalue weighted by Crippen LogP contribution is -2.34. The molecule has 0 bridgehead atoms. The van der Waals surface area contributed by atoms with E-state index in [1.165, 1.54) is 0 Å². The van der Waals surface area contributed by atoms with E-state index in [1.807, 2.05) is 13.8 Å². The van der Waals surface area contributed by atoms with Crippen LogP contribution in [0.1, 0.15) is 20.3 Å². The maximum absolute atomic E-state index is 13.1.